The van der Waals surface area contributed by atoms with Crippen LogP contribution in [-0.2, 0) is 16.7 Å². The Morgan fingerprint density at radius 1 is 1.41 bits per heavy atom. The first kappa shape index (κ1) is 18.0. The van der Waals surface area contributed by atoms with Gasteiger partial charge in [-0.2, -0.15) is 0 Å². The van der Waals surface area contributed by atoms with Gasteiger partial charge >= 0.3 is 0 Å². The van der Waals surface area contributed by atoms with Crippen molar-refractivity contribution in [2.24, 2.45) is 16.1 Å². The largest absolute Gasteiger partial charge is 0.465 e. The normalized spacial score (nSPS) is 23.0. The number of ketones is 1. The second-order valence-corrected chi connectivity index (χ2v) is 7.78. The van der Waals surface area contributed by atoms with E-state index >= 15 is 0 Å². The second-order valence-electron chi connectivity index (χ2n) is 7.44. The summed E-state index contributed by atoms with van der Waals surface area (Å²) in [6.07, 6.45) is 1.83. The topological polar surface area (TPSA) is 90.7 Å². The number of carbonyl (C=O) groups is 1. The van der Waals surface area contributed by atoms with Crippen LogP contribution in [0.25, 0.3) is 0 Å². The van der Waals surface area contributed by atoms with Gasteiger partial charge in [0.15, 0.2) is 11.5 Å². The van der Waals surface area contributed by atoms with Crippen LogP contribution in [0.15, 0.2) is 27.7 Å². The van der Waals surface area contributed by atoms with Crippen LogP contribution in [0.3, 0.4) is 0 Å². The van der Waals surface area contributed by atoms with Crippen LogP contribution in [0.5, 0.6) is 0 Å². The van der Waals surface area contributed by atoms with Gasteiger partial charge in [0.1, 0.15) is 5.82 Å². The highest BCUT2D eigenvalue weighted by Gasteiger charge is 2.61. The summed E-state index contributed by atoms with van der Waals surface area (Å²) in [6.45, 7) is 3.96. The lowest BCUT2D eigenvalue weighted by Gasteiger charge is -2.38. The molecule has 1 aliphatic carbocycles. The Morgan fingerprint density at radius 2 is 2.15 bits per heavy atom. The van der Waals surface area contributed by atoms with Gasteiger partial charge in [-0.25, -0.2) is 9.38 Å². The molecule has 1 atom stereocenters. The van der Waals surface area contributed by atoms with E-state index in [4.69, 9.17) is 26.6 Å². The third kappa shape index (κ3) is 2.81. The van der Waals surface area contributed by atoms with Crippen molar-refractivity contribution < 1.29 is 18.4 Å². The number of carbonyl (C=O) groups excluding carboxylic acids is 1. The molecule has 8 heteroatoms. The van der Waals surface area contributed by atoms with E-state index in [0.717, 1.165) is 12.8 Å². The fourth-order valence-corrected chi connectivity index (χ4v) is 3.88. The van der Waals surface area contributed by atoms with Gasteiger partial charge < -0.3 is 15.0 Å². The predicted octanol–water partition coefficient (Wildman–Crippen LogP) is 3.54. The summed E-state index contributed by atoms with van der Waals surface area (Å²) in [4.78, 5) is 17.0. The van der Waals surface area contributed by atoms with Crippen LogP contribution in [0.2, 0.25) is 5.22 Å². The minimum absolute atomic E-state index is 0.0513. The molecule has 2 aliphatic rings. The Kier molecular flexibility index (Phi) is 4.03. The molecule has 0 bridgehead atoms. The van der Waals surface area contributed by atoms with E-state index in [-0.39, 0.29) is 40.4 Å². The van der Waals surface area contributed by atoms with Gasteiger partial charge in [0, 0.05) is 23.0 Å². The first-order valence-corrected chi connectivity index (χ1v) is 9.05. The maximum atomic E-state index is 14.7. The Hall–Kier alpha value is -2.41. The Labute approximate surface area is 160 Å². The van der Waals surface area contributed by atoms with E-state index in [1.165, 1.54) is 6.07 Å². The molecule has 0 amide bonds. The van der Waals surface area contributed by atoms with Crippen LogP contribution >= 0.6 is 11.6 Å². The lowest BCUT2D eigenvalue weighted by molar-refractivity contribution is 0.0983. The molecule has 0 radical (unpaired) electrons. The molecule has 1 spiro atoms. The quantitative estimate of drug-likeness (QED) is 0.805. The zero-order valence-corrected chi connectivity index (χ0v) is 15.8. The van der Waals surface area contributed by atoms with Crippen LogP contribution in [-0.4, -0.2) is 23.6 Å². The van der Waals surface area contributed by atoms with Gasteiger partial charge in [0.25, 0.3) is 6.02 Å². The molecular formula is C19H19ClFN3O3. The van der Waals surface area contributed by atoms with Crippen LogP contribution in [0, 0.1) is 18.2 Å². The maximum Gasteiger partial charge on any atom is 0.282 e. The number of hydrogen-bond donors (Lipinski definition) is 1. The Morgan fingerprint density at radius 3 is 2.78 bits per heavy atom. The molecule has 1 aromatic carbocycles. The third-order valence-corrected chi connectivity index (χ3v) is 6.12. The minimum atomic E-state index is -0.828. The number of ether oxygens (including phenoxy) is 1. The number of amidine groups is 1. The second kappa shape index (κ2) is 6.05. The van der Waals surface area contributed by atoms with Crippen LogP contribution in [0.4, 0.5) is 4.39 Å². The summed E-state index contributed by atoms with van der Waals surface area (Å²) in [5.41, 5.74) is 6.46. The number of nitrogens with zero attached hydrogens (tertiary/aromatic N) is 2. The van der Waals surface area contributed by atoms with Crippen molar-refractivity contribution in [1.82, 2.24) is 5.16 Å². The summed E-state index contributed by atoms with van der Waals surface area (Å²) in [5, 5.41) is 3.80. The monoisotopic (exact) mass is 391 g/mol. The van der Waals surface area contributed by atoms with Gasteiger partial charge in [0.2, 0.25) is 5.22 Å². The number of Topliss-reactive ketones (excluding diaryl/α,β-unsaturated/α-hetero) is 1. The van der Waals surface area contributed by atoms with E-state index in [9.17, 15) is 9.18 Å². The lowest BCUT2D eigenvalue weighted by Crippen LogP contribution is -2.43. The van der Waals surface area contributed by atoms with Gasteiger partial charge in [-0.3, -0.25) is 4.79 Å². The maximum absolute atomic E-state index is 14.7. The lowest BCUT2D eigenvalue weighted by atomic mass is 9.76. The average Bonchev–Trinajstić information content (AvgIpc) is 3.34. The molecule has 2 aromatic rings. The van der Waals surface area contributed by atoms with Gasteiger partial charge in [-0.15, -0.1) is 0 Å². The van der Waals surface area contributed by atoms with E-state index in [1.54, 1.807) is 19.1 Å². The summed E-state index contributed by atoms with van der Waals surface area (Å²) < 4.78 is 25.0. The number of nitrogens with two attached hydrogens (primary N) is 1. The number of aliphatic imine (C=N–C) groups is 1. The van der Waals surface area contributed by atoms with Crippen molar-refractivity contribution in [2.45, 2.75) is 38.6 Å². The van der Waals surface area contributed by atoms with Crippen molar-refractivity contribution in [3.63, 3.8) is 0 Å². The molecule has 142 valence electrons. The zero-order chi connectivity index (χ0) is 19.4. The van der Waals surface area contributed by atoms with Crippen molar-refractivity contribution in [2.75, 3.05) is 6.61 Å². The number of benzene rings is 1. The molecule has 6 nitrogen and oxygen atoms in total. The molecule has 0 saturated heterocycles. The third-order valence-electron chi connectivity index (χ3n) is 5.77. The van der Waals surface area contributed by atoms with E-state index in [0.29, 0.717) is 23.3 Å². The number of aromatic nitrogens is 1. The van der Waals surface area contributed by atoms with Crippen molar-refractivity contribution in [3.05, 3.63) is 51.6 Å². The molecule has 0 unspecified atom stereocenters. The van der Waals surface area contributed by atoms with E-state index < -0.39 is 5.54 Å². The first-order chi connectivity index (χ1) is 12.8. The summed E-state index contributed by atoms with van der Waals surface area (Å²) in [7, 11) is 0. The van der Waals surface area contributed by atoms with Crippen molar-refractivity contribution in [1.29, 1.82) is 0 Å². The smallest absolute Gasteiger partial charge is 0.282 e. The summed E-state index contributed by atoms with van der Waals surface area (Å²) >= 11 is 5.82. The Balaban J connectivity index is 1.69. The zero-order valence-electron chi connectivity index (χ0n) is 15.0. The number of halogens is 2. The SMILES string of the molecule is Cc1c(C(=O)Cc2ccc(F)c([C@@]3(C)N=C(N)OCC34CC4)c2)noc1Cl. The van der Waals surface area contributed by atoms with E-state index in [1.807, 2.05) is 6.92 Å². The fraction of sp³-hybridized carbons (Fsp3) is 0.421. The molecule has 27 heavy (non-hydrogen) atoms. The fourth-order valence-electron chi connectivity index (χ4n) is 3.75. The average molecular weight is 392 g/mol. The highest BCUT2D eigenvalue weighted by atomic mass is 35.5. The summed E-state index contributed by atoms with van der Waals surface area (Å²) in [6, 6.07) is 4.70. The molecule has 1 aromatic heterocycles. The molecule has 2 N–H and O–H groups in total. The molecule has 4 rings (SSSR count). The van der Waals surface area contributed by atoms with Gasteiger partial charge in [-0.1, -0.05) is 11.2 Å². The predicted molar refractivity (Wildman–Crippen MR) is 97.3 cm³/mol. The molecule has 1 fully saturated rings. The highest BCUT2D eigenvalue weighted by molar-refractivity contribution is 6.30. The van der Waals surface area contributed by atoms with Crippen LogP contribution < -0.4 is 5.73 Å². The number of hydrogen-bond acceptors (Lipinski definition) is 6. The molecule has 1 saturated carbocycles. The molecule has 1 aliphatic heterocycles. The van der Waals surface area contributed by atoms with E-state index in [2.05, 4.69) is 10.1 Å². The summed E-state index contributed by atoms with van der Waals surface area (Å²) in [5.74, 6) is -0.624. The molecular weight excluding hydrogens is 373 g/mol. The van der Waals surface area contributed by atoms with Crippen molar-refractivity contribution in [3.8, 4) is 0 Å². The Bertz CT molecular complexity index is 967. The standard InChI is InChI=1S/C19H19ClFN3O3/c1-10-15(24-27-16(10)20)14(25)8-11-3-4-13(21)12(7-11)18(2)19(5-6-19)9-26-17(22)23-18/h3-4,7H,5-6,8-9H2,1-2H3,(H2,22,23)/t18-/m1/s1. The van der Waals surface area contributed by atoms with Crippen LogP contribution in [0.1, 0.15) is 46.9 Å². The van der Waals surface area contributed by atoms with Crippen molar-refractivity contribution >= 4 is 23.4 Å². The minimum Gasteiger partial charge on any atom is -0.465 e. The number of rotatable bonds is 4. The van der Waals surface area contributed by atoms with Gasteiger partial charge in [-0.05, 0) is 56.0 Å². The molecule has 2 heterocycles. The highest BCUT2D eigenvalue weighted by Crippen LogP contribution is 2.62. The first-order valence-electron chi connectivity index (χ1n) is 8.68. The van der Waals surface area contributed by atoms with Gasteiger partial charge in [0.05, 0.1) is 12.1 Å².